The van der Waals surface area contributed by atoms with E-state index < -0.39 is 12.3 Å². The van der Waals surface area contributed by atoms with Crippen molar-refractivity contribution >= 4 is 11.8 Å². The van der Waals surface area contributed by atoms with Crippen LogP contribution in [0.5, 0.6) is 5.75 Å². The summed E-state index contributed by atoms with van der Waals surface area (Å²) >= 11 is 0. The van der Waals surface area contributed by atoms with E-state index in [9.17, 15) is 22.8 Å². The summed E-state index contributed by atoms with van der Waals surface area (Å²) in [5.41, 5.74) is 0.494. The van der Waals surface area contributed by atoms with E-state index in [-0.39, 0.29) is 36.6 Å². The molecule has 1 aliphatic carbocycles. The molecule has 1 aromatic rings. The molecule has 1 heterocycles. The van der Waals surface area contributed by atoms with Gasteiger partial charge in [-0.2, -0.15) is 0 Å². The van der Waals surface area contributed by atoms with E-state index in [0.717, 1.165) is 12.8 Å². The minimum atomic E-state index is -4.75. The quantitative estimate of drug-likeness (QED) is 0.893. The number of halogens is 3. The number of nitrogens with zero attached hydrogens (tertiary/aromatic N) is 1. The van der Waals surface area contributed by atoms with Crippen LogP contribution in [0.25, 0.3) is 0 Å². The number of hydrogen-bond donors (Lipinski definition) is 1. The van der Waals surface area contributed by atoms with Gasteiger partial charge in [-0.15, -0.1) is 13.2 Å². The first-order valence-corrected chi connectivity index (χ1v) is 7.74. The van der Waals surface area contributed by atoms with Gasteiger partial charge >= 0.3 is 6.36 Å². The number of rotatable bonds is 5. The number of benzene rings is 1. The van der Waals surface area contributed by atoms with Crippen LogP contribution in [-0.2, 0) is 16.1 Å². The number of nitrogens with one attached hydrogen (secondary N) is 1. The molecule has 1 aromatic carbocycles. The minimum absolute atomic E-state index is 0.00164. The van der Waals surface area contributed by atoms with Crippen molar-refractivity contribution in [3.63, 3.8) is 0 Å². The van der Waals surface area contributed by atoms with Gasteiger partial charge in [0, 0.05) is 25.6 Å². The molecule has 1 saturated carbocycles. The highest BCUT2D eigenvalue weighted by Crippen LogP contribution is 2.32. The lowest BCUT2D eigenvalue weighted by Crippen LogP contribution is -2.33. The van der Waals surface area contributed by atoms with Crippen LogP contribution in [0, 0.1) is 5.92 Å². The van der Waals surface area contributed by atoms with Crippen molar-refractivity contribution in [2.45, 2.75) is 38.2 Å². The third kappa shape index (κ3) is 4.18. The molecule has 0 bridgehead atoms. The van der Waals surface area contributed by atoms with Crippen LogP contribution in [0.4, 0.5) is 13.2 Å². The van der Waals surface area contributed by atoms with Crippen LogP contribution in [0.1, 0.15) is 24.8 Å². The van der Waals surface area contributed by atoms with E-state index in [2.05, 4.69) is 10.1 Å². The summed E-state index contributed by atoms with van der Waals surface area (Å²) in [5.74, 6) is -0.982. The summed E-state index contributed by atoms with van der Waals surface area (Å²) in [7, 11) is 0. The zero-order chi connectivity index (χ0) is 17.3. The van der Waals surface area contributed by atoms with Crippen molar-refractivity contribution in [1.82, 2.24) is 10.2 Å². The molecule has 0 radical (unpaired) electrons. The first kappa shape index (κ1) is 16.6. The van der Waals surface area contributed by atoms with Gasteiger partial charge in [-0.3, -0.25) is 9.59 Å². The Morgan fingerprint density at radius 2 is 2.08 bits per heavy atom. The number of hydrogen-bond acceptors (Lipinski definition) is 3. The van der Waals surface area contributed by atoms with Crippen LogP contribution >= 0.6 is 0 Å². The lowest BCUT2D eigenvalue weighted by Gasteiger charge is -2.15. The summed E-state index contributed by atoms with van der Waals surface area (Å²) in [6, 6.07) is 5.73. The molecule has 2 fully saturated rings. The molecule has 24 heavy (non-hydrogen) atoms. The lowest BCUT2D eigenvalue weighted by molar-refractivity contribution is -0.274. The Bertz CT molecular complexity index is 644. The molecule has 2 amide bonds. The van der Waals surface area contributed by atoms with Crippen molar-refractivity contribution in [2.24, 2.45) is 5.92 Å². The second-order valence-corrected chi connectivity index (χ2v) is 6.09. The third-order valence-electron chi connectivity index (χ3n) is 4.12. The second-order valence-electron chi connectivity index (χ2n) is 6.09. The molecule has 1 aliphatic heterocycles. The number of amides is 2. The van der Waals surface area contributed by atoms with Gasteiger partial charge in [0.1, 0.15) is 5.75 Å². The van der Waals surface area contributed by atoms with Crippen LogP contribution in [0.3, 0.4) is 0 Å². The van der Waals surface area contributed by atoms with Crippen molar-refractivity contribution in [3.8, 4) is 5.75 Å². The smallest absolute Gasteiger partial charge is 0.406 e. The maximum absolute atomic E-state index is 12.2. The Morgan fingerprint density at radius 1 is 1.33 bits per heavy atom. The zero-order valence-electron chi connectivity index (χ0n) is 12.8. The maximum atomic E-state index is 12.2. The van der Waals surface area contributed by atoms with Crippen LogP contribution in [0.15, 0.2) is 24.3 Å². The molecule has 5 nitrogen and oxygen atoms in total. The summed E-state index contributed by atoms with van der Waals surface area (Å²) in [6.07, 6.45) is -2.57. The molecule has 130 valence electrons. The molecule has 0 spiro atoms. The Kier molecular flexibility index (Phi) is 4.38. The molecule has 0 aromatic heterocycles. The highest BCUT2D eigenvalue weighted by Gasteiger charge is 2.41. The Morgan fingerprint density at radius 3 is 2.75 bits per heavy atom. The summed E-state index contributed by atoms with van der Waals surface area (Å²) in [5, 5.41) is 2.68. The van der Waals surface area contributed by atoms with Gasteiger partial charge in [-0.05, 0) is 30.5 Å². The molecule has 1 atom stereocenters. The van der Waals surface area contributed by atoms with E-state index >= 15 is 0 Å². The van der Waals surface area contributed by atoms with Crippen LogP contribution < -0.4 is 10.1 Å². The molecule has 1 saturated heterocycles. The normalized spacial score (nSPS) is 21.0. The fourth-order valence-electron chi connectivity index (χ4n) is 2.83. The Balaban J connectivity index is 1.53. The third-order valence-corrected chi connectivity index (χ3v) is 4.12. The monoisotopic (exact) mass is 342 g/mol. The largest absolute Gasteiger partial charge is 0.573 e. The first-order valence-electron chi connectivity index (χ1n) is 7.74. The highest BCUT2D eigenvalue weighted by atomic mass is 19.4. The highest BCUT2D eigenvalue weighted by molar-refractivity contribution is 5.89. The molecule has 8 heteroatoms. The Labute approximate surface area is 136 Å². The minimum Gasteiger partial charge on any atom is -0.406 e. The topological polar surface area (TPSA) is 58.6 Å². The van der Waals surface area contributed by atoms with Crippen molar-refractivity contribution < 1.29 is 27.5 Å². The average Bonchev–Trinajstić information content (AvgIpc) is 3.26. The number of likely N-dealkylation sites (tertiary alicyclic amines) is 1. The number of carbonyl (C=O) groups excluding carboxylic acids is 2. The summed E-state index contributed by atoms with van der Waals surface area (Å²) < 4.78 is 40.5. The van der Waals surface area contributed by atoms with Gasteiger partial charge in [0.05, 0.1) is 5.92 Å². The number of ether oxygens (including phenoxy) is 1. The molecule has 1 N–H and O–H groups in total. The summed E-state index contributed by atoms with van der Waals surface area (Å²) in [4.78, 5) is 25.8. The maximum Gasteiger partial charge on any atom is 0.573 e. The standard InChI is InChI=1S/C16H17F3N2O3/c17-16(18,19)24-13-3-1-2-10(6-13)8-20-15(23)11-7-14(22)21(9-11)12-4-5-12/h1-3,6,11-12H,4-5,7-9H2,(H,20,23). The molecular formula is C16H17F3N2O3. The number of alkyl halides is 3. The zero-order valence-corrected chi connectivity index (χ0v) is 12.8. The molecule has 1 unspecified atom stereocenters. The van der Waals surface area contributed by atoms with Gasteiger partial charge in [0.25, 0.3) is 0 Å². The van der Waals surface area contributed by atoms with Crippen LogP contribution in [0.2, 0.25) is 0 Å². The van der Waals surface area contributed by atoms with Gasteiger partial charge in [0.15, 0.2) is 0 Å². The molecule has 3 rings (SSSR count). The van der Waals surface area contributed by atoms with E-state index in [4.69, 9.17) is 0 Å². The Hall–Kier alpha value is -2.25. The van der Waals surface area contributed by atoms with E-state index in [0.29, 0.717) is 12.1 Å². The predicted molar refractivity (Wildman–Crippen MR) is 77.8 cm³/mol. The molecular weight excluding hydrogens is 325 g/mol. The van der Waals surface area contributed by atoms with Gasteiger partial charge in [-0.25, -0.2) is 0 Å². The first-order chi connectivity index (χ1) is 11.3. The van der Waals surface area contributed by atoms with Crippen LogP contribution in [-0.4, -0.2) is 35.7 Å². The van der Waals surface area contributed by atoms with Gasteiger partial charge in [-0.1, -0.05) is 12.1 Å². The van der Waals surface area contributed by atoms with Gasteiger partial charge in [0.2, 0.25) is 11.8 Å². The van der Waals surface area contributed by atoms with Crippen molar-refractivity contribution in [2.75, 3.05) is 6.54 Å². The SMILES string of the molecule is O=C(NCc1cccc(OC(F)(F)F)c1)C1CC(=O)N(C2CC2)C1. The van der Waals surface area contributed by atoms with E-state index in [1.54, 1.807) is 11.0 Å². The summed E-state index contributed by atoms with van der Waals surface area (Å²) in [6.45, 7) is 0.508. The predicted octanol–water partition coefficient (Wildman–Crippen LogP) is 2.21. The lowest BCUT2D eigenvalue weighted by atomic mass is 10.1. The molecule has 2 aliphatic rings. The van der Waals surface area contributed by atoms with E-state index in [1.165, 1.54) is 18.2 Å². The van der Waals surface area contributed by atoms with Crippen molar-refractivity contribution in [3.05, 3.63) is 29.8 Å². The fourth-order valence-corrected chi connectivity index (χ4v) is 2.83. The second kappa shape index (κ2) is 6.33. The van der Waals surface area contributed by atoms with E-state index in [1.807, 2.05) is 0 Å². The number of carbonyl (C=O) groups is 2. The van der Waals surface area contributed by atoms with Crippen molar-refractivity contribution in [1.29, 1.82) is 0 Å². The fraction of sp³-hybridized carbons (Fsp3) is 0.500. The average molecular weight is 342 g/mol. The van der Waals surface area contributed by atoms with Gasteiger partial charge < -0.3 is 15.0 Å².